The largest absolute Gasteiger partial charge is 0.372 e. The van der Waals surface area contributed by atoms with E-state index >= 15 is 0 Å². The van der Waals surface area contributed by atoms with E-state index in [2.05, 4.69) is 43.4 Å². The quantitative estimate of drug-likeness (QED) is 0.682. The predicted molar refractivity (Wildman–Crippen MR) is 80.4 cm³/mol. The Balaban J connectivity index is 1.89. The average molecular weight is 261 g/mol. The molecule has 2 nitrogen and oxygen atoms in total. The Hall–Kier alpha value is -0.860. The van der Waals surface area contributed by atoms with Crippen molar-refractivity contribution in [2.24, 2.45) is 5.92 Å². The van der Waals surface area contributed by atoms with Crippen LogP contribution in [0.5, 0.6) is 0 Å². The monoisotopic (exact) mass is 261 g/mol. The van der Waals surface area contributed by atoms with E-state index in [-0.39, 0.29) is 6.10 Å². The minimum Gasteiger partial charge on any atom is -0.372 e. The third-order valence-corrected chi connectivity index (χ3v) is 3.83. The van der Waals surface area contributed by atoms with Crippen molar-refractivity contribution in [3.63, 3.8) is 0 Å². The molecule has 0 amide bonds. The fourth-order valence-electron chi connectivity index (χ4n) is 2.40. The summed E-state index contributed by atoms with van der Waals surface area (Å²) >= 11 is 0. The molecule has 1 N–H and O–H groups in total. The molecule has 2 rings (SSSR count). The Morgan fingerprint density at radius 2 is 2.11 bits per heavy atom. The van der Waals surface area contributed by atoms with E-state index in [1.54, 1.807) is 0 Å². The normalized spacial score (nSPS) is 16.5. The fourth-order valence-corrected chi connectivity index (χ4v) is 2.40. The minimum absolute atomic E-state index is 0.200. The van der Waals surface area contributed by atoms with Crippen LogP contribution in [0.4, 0.5) is 0 Å². The van der Waals surface area contributed by atoms with E-state index in [4.69, 9.17) is 4.74 Å². The Morgan fingerprint density at radius 1 is 1.32 bits per heavy atom. The number of benzene rings is 1. The summed E-state index contributed by atoms with van der Waals surface area (Å²) in [5, 5.41) is 3.49. The van der Waals surface area contributed by atoms with Crippen LogP contribution in [-0.2, 0) is 4.74 Å². The molecule has 1 atom stereocenters. The van der Waals surface area contributed by atoms with E-state index in [0.717, 1.165) is 25.6 Å². The van der Waals surface area contributed by atoms with E-state index in [1.165, 1.54) is 36.8 Å². The van der Waals surface area contributed by atoms with Crippen molar-refractivity contribution in [1.29, 1.82) is 0 Å². The molecule has 0 radical (unpaired) electrons. The van der Waals surface area contributed by atoms with Crippen LogP contribution < -0.4 is 5.32 Å². The van der Waals surface area contributed by atoms with Gasteiger partial charge in [-0.05, 0) is 43.4 Å². The molecule has 0 aromatic heterocycles. The molecule has 0 spiro atoms. The highest BCUT2D eigenvalue weighted by atomic mass is 16.5. The van der Waals surface area contributed by atoms with E-state index in [0.29, 0.717) is 0 Å². The van der Waals surface area contributed by atoms with Crippen LogP contribution in [0, 0.1) is 12.8 Å². The number of aryl methyl sites for hydroxylation is 1. The summed E-state index contributed by atoms with van der Waals surface area (Å²) in [7, 11) is 0. The first-order valence-corrected chi connectivity index (χ1v) is 7.69. The Labute approximate surface area is 117 Å². The van der Waals surface area contributed by atoms with Gasteiger partial charge in [0.1, 0.15) is 0 Å². The average Bonchev–Trinajstić information content (AvgIpc) is 3.22. The lowest BCUT2D eigenvalue weighted by atomic mass is 10.0. The zero-order valence-corrected chi connectivity index (χ0v) is 12.3. The Kier molecular flexibility index (Phi) is 5.87. The molecule has 1 aromatic carbocycles. The lowest BCUT2D eigenvalue weighted by molar-refractivity contribution is 0.0483. The molecule has 0 bridgehead atoms. The smallest absolute Gasteiger partial charge is 0.0951 e. The van der Waals surface area contributed by atoms with Gasteiger partial charge in [-0.2, -0.15) is 0 Å². The third-order valence-electron chi connectivity index (χ3n) is 3.83. The van der Waals surface area contributed by atoms with Crippen molar-refractivity contribution in [1.82, 2.24) is 5.32 Å². The summed E-state index contributed by atoms with van der Waals surface area (Å²) in [5.41, 5.74) is 2.67. The van der Waals surface area contributed by atoms with Crippen LogP contribution in [0.1, 0.15) is 49.8 Å². The first kappa shape index (κ1) is 14.5. The van der Waals surface area contributed by atoms with Gasteiger partial charge in [-0.25, -0.2) is 0 Å². The summed E-state index contributed by atoms with van der Waals surface area (Å²) in [4.78, 5) is 0. The van der Waals surface area contributed by atoms with Gasteiger partial charge in [-0.1, -0.05) is 44.0 Å². The fraction of sp³-hybridized carbons (Fsp3) is 0.647. The Morgan fingerprint density at radius 3 is 2.79 bits per heavy atom. The first-order valence-electron chi connectivity index (χ1n) is 7.69. The molecule has 1 aromatic rings. The highest BCUT2D eigenvalue weighted by Crippen LogP contribution is 2.33. The first-order chi connectivity index (χ1) is 9.31. The number of hydrogen-bond donors (Lipinski definition) is 1. The summed E-state index contributed by atoms with van der Waals surface area (Å²) < 4.78 is 6.14. The van der Waals surface area contributed by atoms with Gasteiger partial charge in [-0.15, -0.1) is 0 Å². The van der Waals surface area contributed by atoms with Crippen LogP contribution in [0.3, 0.4) is 0 Å². The lowest BCUT2D eigenvalue weighted by Crippen LogP contribution is -2.25. The van der Waals surface area contributed by atoms with Gasteiger partial charge in [0.05, 0.1) is 6.10 Å². The summed E-state index contributed by atoms with van der Waals surface area (Å²) in [6.07, 6.45) is 5.42. The number of nitrogens with one attached hydrogen (secondary N) is 1. The molecule has 0 saturated heterocycles. The second kappa shape index (κ2) is 7.66. The van der Waals surface area contributed by atoms with Crippen molar-refractivity contribution in [3.05, 3.63) is 35.4 Å². The summed E-state index contributed by atoms with van der Waals surface area (Å²) in [6, 6.07) is 8.58. The summed E-state index contributed by atoms with van der Waals surface area (Å²) in [5.74, 6) is 0.945. The van der Waals surface area contributed by atoms with Gasteiger partial charge in [0.2, 0.25) is 0 Å². The molecule has 1 aliphatic carbocycles. The molecule has 106 valence electrons. The number of ether oxygens (including phenoxy) is 1. The second-order valence-corrected chi connectivity index (χ2v) is 5.65. The van der Waals surface area contributed by atoms with E-state index in [9.17, 15) is 0 Å². The van der Waals surface area contributed by atoms with Crippen LogP contribution >= 0.6 is 0 Å². The van der Waals surface area contributed by atoms with E-state index in [1.807, 2.05) is 0 Å². The molecule has 0 heterocycles. The number of rotatable bonds is 9. The van der Waals surface area contributed by atoms with Gasteiger partial charge >= 0.3 is 0 Å². The maximum absolute atomic E-state index is 6.14. The third kappa shape index (κ3) is 4.96. The molecule has 1 unspecified atom stereocenters. The van der Waals surface area contributed by atoms with Gasteiger partial charge in [-0.3, -0.25) is 0 Å². The topological polar surface area (TPSA) is 21.3 Å². The maximum atomic E-state index is 6.14. The predicted octanol–water partition coefficient (Wildman–Crippen LogP) is 3.85. The molecule has 1 saturated carbocycles. The van der Waals surface area contributed by atoms with Gasteiger partial charge in [0, 0.05) is 13.2 Å². The minimum atomic E-state index is 0.200. The highest BCUT2D eigenvalue weighted by Gasteiger charge is 2.22. The molecule has 1 aliphatic rings. The standard InChI is InChI=1S/C17H27NO/c1-3-11-18-13-17(19-12-10-15-8-9-15)16-7-5-4-6-14(16)2/h4-7,15,17-18H,3,8-13H2,1-2H3. The summed E-state index contributed by atoms with van der Waals surface area (Å²) in [6.45, 7) is 7.26. The van der Waals surface area contributed by atoms with Crippen LogP contribution in [-0.4, -0.2) is 19.7 Å². The van der Waals surface area contributed by atoms with Crippen molar-refractivity contribution in [2.75, 3.05) is 19.7 Å². The molecular formula is C17H27NO. The van der Waals surface area contributed by atoms with Gasteiger partial charge in [0.15, 0.2) is 0 Å². The molecular weight excluding hydrogens is 234 g/mol. The lowest BCUT2D eigenvalue weighted by Gasteiger charge is -2.21. The molecule has 0 aliphatic heterocycles. The second-order valence-electron chi connectivity index (χ2n) is 5.65. The van der Waals surface area contributed by atoms with Gasteiger partial charge < -0.3 is 10.1 Å². The SMILES string of the molecule is CCCNCC(OCCC1CC1)c1ccccc1C. The van der Waals surface area contributed by atoms with E-state index < -0.39 is 0 Å². The van der Waals surface area contributed by atoms with Crippen molar-refractivity contribution in [2.45, 2.75) is 45.6 Å². The Bertz CT molecular complexity index is 373. The molecule has 1 fully saturated rings. The molecule has 19 heavy (non-hydrogen) atoms. The molecule has 2 heteroatoms. The van der Waals surface area contributed by atoms with Gasteiger partial charge in [0.25, 0.3) is 0 Å². The zero-order valence-electron chi connectivity index (χ0n) is 12.3. The van der Waals surface area contributed by atoms with Crippen molar-refractivity contribution in [3.8, 4) is 0 Å². The number of hydrogen-bond acceptors (Lipinski definition) is 2. The van der Waals surface area contributed by atoms with Crippen LogP contribution in [0.15, 0.2) is 24.3 Å². The van der Waals surface area contributed by atoms with Crippen molar-refractivity contribution < 1.29 is 4.74 Å². The highest BCUT2D eigenvalue weighted by molar-refractivity contribution is 5.28. The maximum Gasteiger partial charge on any atom is 0.0951 e. The van der Waals surface area contributed by atoms with Crippen molar-refractivity contribution >= 4 is 0 Å². The van der Waals surface area contributed by atoms with Crippen LogP contribution in [0.2, 0.25) is 0 Å². The van der Waals surface area contributed by atoms with Crippen LogP contribution in [0.25, 0.3) is 0 Å². The zero-order chi connectivity index (χ0) is 13.5.